The van der Waals surface area contributed by atoms with E-state index in [0.29, 0.717) is 22.1 Å². The number of anilines is 1. The summed E-state index contributed by atoms with van der Waals surface area (Å²) in [4.78, 5) is 42.4. The summed E-state index contributed by atoms with van der Waals surface area (Å²) >= 11 is 1.25. The number of esters is 1. The molecule has 0 unspecified atom stereocenters. The number of nitrogens with one attached hydrogen (secondary N) is 1. The molecular weight excluding hydrogens is 378 g/mol. The van der Waals surface area contributed by atoms with E-state index in [0.717, 1.165) is 0 Å². The first-order valence-corrected chi connectivity index (χ1v) is 9.42. The maximum atomic E-state index is 12.6. The van der Waals surface area contributed by atoms with Gasteiger partial charge in [0.1, 0.15) is 5.25 Å². The van der Waals surface area contributed by atoms with Gasteiger partial charge in [-0.25, -0.2) is 9.79 Å². The highest BCUT2D eigenvalue weighted by molar-refractivity contribution is 8.15. The number of ether oxygens (including phenoxy) is 1. The highest BCUT2D eigenvalue weighted by Gasteiger charge is 2.34. The lowest BCUT2D eigenvalue weighted by atomic mass is 10.2. The smallest absolute Gasteiger partial charge is 0.337 e. The molecule has 8 heteroatoms. The average Bonchev–Trinajstić information content (AvgIpc) is 2.72. The van der Waals surface area contributed by atoms with Gasteiger partial charge in [-0.2, -0.15) is 0 Å². The van der Waals surface area contributed by atoms with Gasteiger partial charge in [-0.15, -0.1) is 0 Å². The van der Waals surface area contributed by atoms with Crippen LogP contribution in [0.5, 0.6) is 0 Å². The zero-order valence-electron chi connectivity index (χ0n) is 15.4. The summed E-state index contributed by atoms with van der Waals surface area (Å²) in [5.74, 6) is -0.913. The number of para-hydroxylation sites is 1. The first-order chi connectivity index (χ1) is 13.5. The zero-order chi connectivity index (χ0) is 20.1. The molecule has 1 heterocycles. The van der Waals surface area contributed by atoms with Crippen molar-refractivity contribution in [2.45, 2.75) is 11.7 Å². The Balaban J connectivity index is 1.72. The van der Waals surface area contributed by atoms with Gasteiger partial charge in [-0.3, -0.25) is 14.5 Å². The number of benzene rings is 2. The van der Waals surface area contributed by atoms with E-state index in [-0.39, 0.29) is 18.2 Å². The van der Waals surface area contributed by atoms with Crippen LogP contribution in [0.2, 0.25) is 0 Å². The lowest BCUT2D eigenvalue weighted by Gasteiger charge is -2.28. The molecule has 0 saturated carbocycles. The van der Waals surface area contributed by atoms with Crippen molar-refractivity contribution in [1.29, 1.82) is 0 Å². The highest BCUT2D eigenvalue weighted by Crippen LogP contribution is 2.29. The number of amides is 2. The Kier molecular flexibility index (Phi) is 6.10. The third-order valence-corrected chi connectivity index (χ3v) is 5.36. The number of hydrogen-bond acceptors (Lipinski definition) is 6. The van der Waals surface area contributed by atoms with Gasteiger partial charge in [-0.1, -0.05) is 30.0 Å². The molecule has 1 fully saturated rings. The summed E-state index contributed by atoms with van der Waals surface area (Å²) in [6, 6.07) is 15.6. The molecule has 0 radical (unpaired) electrons. The molecule has 1 aliphatic heterocycles. The second kappa shape index (κ2) is 8.71. The molecule has 2 amide bonds. The van der Waals surface area contributed by atoms with E-state index in [2.05, 4.69) is 15.0 Å². The lowest BCUT2D eigenvalue weighted by Crippen LogP contribution is -2.43. The van der Waals surface area contributed by atoms with Crippen molar-refractivity contribution < 1.29 is 19.1 Å². The van der Waals surface area contributed by atoms with Crippen molar-refractivity contribution >= 4 is 46.1 Å². The minimum Gasteiger partial charge on any atom is -0.465 e. The van der Waals surface area contributed by atoms with Crippen molar-refractivity contribution in [3.8, 4) is 0 Å². The fourth-order valence-electron chi connectivity index (χ4n) is 2.54. The van der Waals surface area contributed by atoms with Crippen LogP contribution in [-0.4, -0.2) is 47.3 Å². The molecule has 144 valence electrons. The second-order valence-electron chi connectivity index (χ2n) is 6.05. The van der Waals surface area contributed by atoms with E-state index in [4.69, 9.17) is 0 Å². The summed E-state index contributed by atoms with van der Waals surface area (Å²) < 4.78 is 4.65. The molecular formula is C20H19N3O4S. The number of amidine groups is 1. The number of methoxy groups -OCH3 is 1. The highest BCUT2D eigenvalue weighted by atomic mass is 32.2. The van der Waals surface area contributed by atoms with Crippen LogP contribution in [-0.2, 0) is 14.3 Å². The molecule has 0 aromatic heterocycles. The molecule has 0 aliphatic carbocycles. The van der Waals surface area contributed by atoms with Crippen molar-refractivity contribution in [2.24, 2.45) is 4.99 Å². The minimum atomic E-state index is -0.591. The molecule has 7 nitrogen and oxygen atoms in total. The SMILES string of the molecule is COC(=O)c1ccc(NC(=O)[C@H]2CC(=O)N(C)C(=Nc3ccccc3)S2)cc1. The quantitative estimate of drug-likeness (QED) is 0.801. The summed E-state index contributed by atoms with van der Waals surface area (Å²) in [5.41, 5.74) is 1.64. The van der Waals surface area contributed by atoms with E-state index in [9.17, 15) is 14.4 Å². The molecule has 0 bridgehead atoms. The van der Waals surface area contributed by atoms with Gasteiger partial charge in [-0.05, 0) is 36.4 Å². The first kappa shape index (κ1) is 19.6. The average molecular weight is 397 g/mol. The van der Waals surface area contributed by atoms with E-state index in [1.54, 1.807) is 31.3 Å². The van der Waals surface area contributed by atoms with Crippen molar-refractivity contribution in [3.05, 3.63) is 60.2 Å². The molecule has 1 saturated heterocycles. The molecule has 1 atom stereocenters. The molecule has 2 aromatic carbocycles. The van der Waals surface area contributed by atoms with Gasteiger partial charge in [0.05, 0.1) is 18.4 Å². The van der Waals surface area contributed by atoms with Crippen LogP contribution in [0.4, 0.5) is 11.4 Å². The summed E-state index contributed by atoms with van der Waals surface area (Å²) in [6.07, 6.45) is 0.0844. The Labute approximate surface area is 166 Å². The number of hydrogen-bond donors (Lipinski definition) is 1. The number of thioether (sulfide) groups is 1. The predicted octanol–water partition coefficient (Wildman–Crippen LogP) is 3.06. The normalized spacial score (nSPS) is 18.1. The molecule has 2 aromatic rings. The van der Waals surface area contributed by atoms with Crippen LogP contribution in [0.25, 0.3) is 0 Å². The number of carbonyl (C=O) groups is 3. The van der Waals surface area contributed by atoms with Crippen molar-refractivity contribution in [2.75, 3.05) is 19.5 Å². The van der Waals surface area contributed by atoms with Crippen LogP contribution in [0.3, 0.4) is 0 Å². The number of nitrogens with zero attached hydrogens (tertiary/aromatic N) is 2. The number of rotatable bonds is 4. The van der Waals surface area contributed by atoms with Gasteiger partial charge < -0.3 is 10.1 Å². The molecule has 0 spiro atoms. The van der Waals surface area contributed by atoms with Crippen LogP contribution < -0.4 is 5.32 Å². The van der Waals surface area contributed by atoms with Gasteiger partial charge in [0, 0.05) is 19.2 Å². The standard InChI is InChI=1S/C20H19N3O4S/c1-23-17(24)12-16(28-20(23)22-14-6-4-3-5-7-14)18(25)21-15-10-8-13(9-11-15)19(26)27-2/h3-11,16H,12H2,1-2H3,(H,21,25)/t16-/m1/s1. The summed E-state index contributed by atoms with van der Waals surface area (Å²) in [6.45, 7) is 0. The minimum absolute atomic E-state index is 0.0844. The fourth-order valence-corrected chi connectivity index (χ4v) is 3.61. The Morgan fingerprint density at radius 3 is 2.46 bits per heavy atom. The fraction of sp³-hybridized carbons (Fsp3) is 0.200. The summed E-state index contributed by atoms with van der Waals surface area (Å²) in [5, 5.41) is 2.66. The Morgan fingerprint density at radius 1 is 1.14 bits per heavy atom. The predicted molar refractivity (Wildman–Crippen MR) is 109 cm³/mol. The van der Waals surface area contributed by atoms with Crippen molar-refractivity contribution in [1.82, 2.24) is 4.90 Å². The maximum absolute atomic E-state index is 12.6. The van der Waals surface area contributed by atoms with E-state index >= 15 is 0 Å². The van der Waals surface area contributed by atoms with E-state index < -0.39 is 11.2 Å². The summed E-state index contributed by atoms with van der Waals surface area (Å²) in [7, 11) is 2.96. The maximum Gasteiger partial charge on any atom is 0.337 e. The monoisotopic (exact) mass is 397 g/mol. The van der Waals surface area contributed by atoms with Crippen LogP contribution in [0, 0.1) is 0 Å². The molecule has 1 N–H and O–H groups in total. The van der Waals surface area contributed by atoms with Gasteiger partial charge in [0.15, 0.2) is 5.17 Å². The van der Waals surface area contributed by atoms with E-state index in [1.165, 1.54) is 23.8 Å². The molecule has 3 rings (SSSR count). The largest absolute Gasteiger partial charge is 0.465 e. The third-order valence-electron chi connectivity index (χ3n) is 4.12. The number of aliphatic imine (C=N–C) groups is 1. The second-order valence-corrected chi connectivity index (χ2v) is 7.22. The van der Waals surface area contributed by atoms with Gasteiger partial charge in [0.25, 0.3) is 0 Å². The number of carbonyl (C=O) groups excluding carboxylic acids is 3. The van der Waals surface area contributed by atoms with Crippen LogP contribution in [0.1, 0.15) is 16.8 Å². The molecule has 1 aliphatic rings. The Bertz CT molecular complexity index is 913. The van der Waals surface area contributed by atoms with Crippen LogP contribution >= 0.6 is 11.8 Å². The van der Waals surface area contributed by atoms with E-state index in [1.807, 2.05) is 30.3 Å². The van der Waals surface area contributed by atoms with Gasteiger partial charge >= 0.3 is 5.97 Å². The Hall–Kier alpha value is -3.13. The third kappa shape index (κ3) is 4.58. The van der Waals surface area contributed by atoms with Gasteiger partial charge in [0.2, 0.25) is 11.8 Å². The van der Waals surface area contributed by atoms with Crippen molar-refractivity contribution in [3.63, 3.8) is 0 Å². The first-order valence-electron chi connectivity index (χ1n) is 8.54. The molecule has 28 heavy (non-hydrogen) atoms. The zero-order valence-corrected chi connectivity index (χ0v) is 16.2. The lowest BCUT2D eigenvalue weighted by molar-refractivity contribution is -0.128. The Morgan fingerprint density at radius 2 is 1.82 bits per heavy atom. The topological polar surface area (TPSA) is 88.1 Å². The van der Waals surface area contributed by atoms with Crippen LogP contribution in [0.15, 0.2) is 59.6 Å².